The number of carbonyl (C=O) groups is 1. The van der Waals surface area contributed by atoms with Gasteiger partial charge in [-0.15, -0.1) is 0 Å². The van der Waals surface area contributed by atoms with Crippen LogP contribution < -0.4 is 0 Å². The van der Waals surface area contributed by atoms with E-state index >= 15 is 0 Å². The predicted octanol–water partition coefficient (Wildman–Crippen LogP) is 1.12. The largest absolute Gasteiger partial charge is 0.475 e. The first kappa shape index (κ1) is 12.1. The third-order valence-electron chi connectivity index (χ3n) is 3.15. The lowest BCUT2D eigenvalue weighted by molar-refractivity contribution is 0.0659. The molecule has 5 nitrogen and oxygen atoms in total. The molecule has 2 rings (SSSR count). The van der Waals surface area contributed by atoms with Gasteiger partial charge in [0.15, 0.2) is 0 Å². The third kappa shape index (κ3) is 3.08. The standard InChI is InChI=1S/C12H18N2O3/c1-13-4-2-5-14(7-6-13)9-10-3-8-17-11(10)12(15)16/h3,8H,2,4-7,9H2,1H3,(H,15,16). The molecule has 0 bridgehead atoms. The van der Waals surface area contributed by atoms with E-state index in [2.05, 4.69) is 16.8 Å². The van der Waals surface area contributed by atoms with Crippen LogP contribution >= 0.6 is 0 Å². The smallest absolute Gasteiger partial charge is 0.372 e. The van der Waals surface area contributed by atoms with E-state index in [4.69, 9.17) is 9.52 Å². The highest BCUT2D eigenvalue weighted by atomic mass is 16.4. The Labute approximate surface area is 101 Å². The molecule has 0 amide bonds. The Morgan fingerprint density at radius 1 is 1.41 bits per heavy atom. The summed E-state index contributed by atoms with van der Waals surface area (Å²) in [5.41, 5.74) is 0.766. The van der Waals surface area contributed by atoms with E-state index in [0.717, 1.165) is 38.2 Å². The molecule has 1 N–H and O–H groups in total. The van der Waals surface area contributed by atoms with Crippen LogP contribution in [0.2, 0.25) is 0 Å². The van der Waals surface area contributed by atoms with Gasteiger partial charge in [0.25, 0.3) is 0 Å². The van der Waals surface area contributed by atoms with Gasteiger partial charge in [-0.05, 0) is 32.6 Å². The van der Waals surface area contributed by atoms with Gasteiger partial charge < -0.3 is 14.4 Å². The molecule has 0 aromatic carbocycles. The Balaban J connectivity index is 2.00. The highest BCUT2D eigenvalue weighted by molar-refractivity contribution is 5.86. The molecule has 0 spiro atoms. The van der Waals surface area contributed by atoms with Crippen molar-refractivity contribution in [3.8, 4) is 0 Å². The molecule has 0 aliphatic carbocycles. The molecule has 1 aromatic rings. The zero-order chi connectivity index (χ0) is 12.3. The quantitative estimate of drug-likeness (QED) is 0.855. The summed E-state index contributed by atoms with van der Waals surface area (Å²) in [6, 6.07) is 1.75. The van der Waals surface area contributed by atoms with Gasteiger partial charge in [0.2, 0.25) is 5.76 Å². The van der Waals surface area contributed by atoms with Crippen LogP contribution in [0, 0.1) is 0 Å². The summed E-state index contributed by atoms with van der Waals surface area (Å²) in [7, 11) is 2.12. The van der Waals surface area contributed by atoms with Crippen molar-refractivity contribution in [1.82, 2.24) is 9.80 Å². The maximum absolute atomic E-state index is 10.9. The van der Waals surface area contributed by atoms with Crippen LogP contribution in [0.5, 0.6) is 0 Å². The molecule has 0 unspecified atom stereocenters. The molecular formula is C12H18N2O3. The average molecular weight is 238 g/mol. The van der Waals surface area contributed by atoms with Gasteiger partial charge in [-0.2, -0.15) is 0 Å². The lowest BCUT2D eigenvalue weighted by Crippen LogP contribution is -2.28. The van der Waals surface area contributed by atoms with Gasteiger partial charge in [0.1, 0.15) is 0 Å². The number of nitrogens with zero attached hydrogens (tertiary/aromatic N) is 2. The van der Waals surface area contributed by atoms with Crippen LogP contribution in [-0.4, -0.2) is 54.1 Å². The molecule has 0 atom stereocenters. The number of furan rings is 1. The second-order valence-corrected chi connectivity index (χ2v) is 4.51. The van der Waals surface area contributed by atoms with Gasteiger partial charge in [-0.1, -0.05) is 0 Å². The van der Waals surface area contributed by atoms with E-state index in [1.807, 2.05) is 0 Å². The van der Waals surface area contributed by atoms with E-state index < -0.39 is 5.97 Å². The number of hydrogen-bond donors (Lipinski definition) is 1. The maximum Gasteiger partial charge on any atom is 0.372 e. The topological polar surface area (TPSA) is 56.9 Å². The molecule has 1 aliphatic heterocycles. The molecule has 17 heavy (non-hydrogen) atoms. The van der Waals surface area contributed by atoms with Gasteiger partial charge >= 0.3 is 5.97 Å². The van der Waals surface area contributed by atoms with Crippen LogP contribution in [0.4, 0.5) is 0 Å². The van der Waals surface area contributed by atoms with E-state index in [0.29, 0.717) is 6.54 Å². The first-order valence-corrected chi connectivity index (χ1v) is 5.87. The predicted molar refractivity (Wildman–Crippen MR) is 63.1 cm³/mol. The molecule has 2 heterocycles. The van der Waals surface area contributed by atoms with Gasteiger partial charge in [-0.3, -0.25) is 4.90 Å². The molecule has 0 radical (unpaired) electrons. The summed E-state index contributed by atoms with van der Waals surface area (Å²) in [6.45, 7) is 4.77. The molecule has 1 aliphatic rings. The molecule has 0 saturated carbocycles. The zero-order valence-electron chi connectivity index (χ0n) is 10.1. The number of likely N-dealkylation sites (N-methyl/N-ethyl adjacent to an activating group) is 1. The van der Waals surface area contributed by atoms with Crippen molar-refractivity contribution in [3.05, 3.63) is 23.7 Å². The van der Waals surface area contributed by atoms with Gasteiger partial charge in [0, 0.05) is 25.2 Å². The number of hydrogen-bond acceptors (Lipinski definition) is 4. The fourth-order valence-corrected chi connectivity index (χ4v) is 2.15. The Morgan fingerprint density at radius 3 is 3.00 bits per heavy atom. The second kappa shape index (κ2) is 5.33. The summed E-state index contributed by atoms with van der Waals surface area (Å²) < 4.78 is 4.98. The highest BCUT2D eigenvalue weighted by Gasteiger charge is 2.18. The number of carboxylic acids is 1. The highest BCUT2D eigenvalue weighted by Crippen LogP contribution is 2.14. The summed E-state index contributed by atoms with van der Waals surface area (Å²) in [5, 5.41) is 8.96. The Morgan fingerprint density at radius 2 is 2.24 bits per heavy atom. The van der Waals surface area contributed by atoms with Crippen molar-refractivity contribution in [2.24, 2.45) is 0 Å². The summed E-state index contributed by atoms with van der Waals surface area (Å²) in [6.07, 6.45) is 2.57. The first-order valence-electron chi connectivity index (χ1n) is 5.87. The average Bonchev–Trinajstić information content (AvgIpc) is 2.64. The SMILES string of the molecule is CN1CCCN(Cc2ccoc2C(=O)O)CC1. The second-order valence-electron chi connectivity index (χ2n) is 4.51. The summed E-state index contributed by atoms with van der Waals surface area (Å²) in [4.78, 5) is 15.5. The van der Waals surface area contributed by atoms with Crippen molar-refractivity contribution in [2.75, 3.05) is 33.2 Å². The molecule has 1 fully saturated rings. The molecule has 1 saturated heterocycles. The van der Waals surface area contributed by atoms with E-state index in [1.165, 1.54) is 6.26 Å². The number of rotatable bonds is 3. The van der Waals surface area contributed by atoms with E-state index in [-0.39, 0.29) is 5.76 Å². The monoisotopic (exact) mass is 238 g/mol. The fraction of sp³-hybridized carbons (Fsp3) is 0.583. The molecular weight excluding hydrogens is 220 g/mol. The zero-order valence-corrected chi connectivity index (χ0v) is 10.1. The Kier molecular flexibility index (Phi) is 3.81. The lowest BCUT2D eigenvalue weighted by Gasteiger charge is -2.19. The van der Waals surface area contributed by atoms with Crippen molar-refractivity contribution in [1.29, 1.82) is 0 Å². The van der Waals surface area contributed by atoms with Crippen LogP contribution in [0.3, 0.4) is 0 Å². The minimum Gasteiger partial charge on any atom is -0.475 e. The van der Waals surface area contributed by atoms with Crippen LogP contribution in [0.1, 0.15) is 22.5 Å². The number of aromatic carboxylic acids is 1. The van der Waals surface area contributed by atoms with E-state index in [1.54, 1.807) is 6.07 Å². The number of carboxylic acid groups (broad SMARTS) is 1. The maximum atomic E-state index is 10.9. The van der Waals surface area contributed by atoms with E-state index in [9.17, 15) is 4.79 Å². The van der Waals surface area contributed by atoms with Crippen molar-refractivity contribution in [2.45, 2.75) is 13.0 Å². The van der Waals surface area contributed by atoms with Crippen LogP contribution in [-0.2, 0) is 6.54 Å². The summed E-state index contributed by atoms with van der Waals surface area (Å²) >= 11 is 0. The van der Waals surface area contributed by atoms with Crippen molar-refractivity contribution >= 4 is 5.97 Å². The molecule has 1 aromatic heterocycles. The van der Waals surface area contributed by atoms with Crippen LogP contribution in [0.25, 0.3) is 0 Å². The van der Waals surface area contributed by atoms with Crippen LogP contribution in [0.15, 0.2) is 16.7 Å². The molecule has 5 heteroatoms. The fourth-order valence-electron chi connectivity index (χ4n) is 2.15. The first-order chi connectivity index (χ1) is 8.16. The Bertz CT molecular complexity index is 389. The minimum atomic E-state index is -0.989. The van der Waals surface area contributed by atoms with Gasteiger partial charge in [-0.25, -0.2) is 4.79 Å². The molecule has 94 valence electrons. The third-order valence-corrected chi connectivity index (χ3v) is 3.15. The summed E-state index contributed by atoms with van der Waals surface area (Å²) in [5.74, 6) is -0.917. The van der Waals surface area contributed by atoms with Gasteiger partial charge in [0.05, 0.1) is 6.26 Å². The van der Waals surface area contributed by atoms with Crippen molar-refractivity contribution in [3.63, 3.8) is 0 Å². The lowest BCUT2D eigenvalue weighted by atomic mass is 10.2. The normalized spacial score (nSPS) is 19.1. The van der Waals surface area contributed by atoms with Crippen molar-refractivity contribution < 1.29 is 14.3 Å². The minimum absolute atomic E-state index is 0.0719. The Hall–Kier alpha value is -1.33.